The topological polar surface area (TPSA) is 70.3 Å². The highest BCUT2D eigenvalue weighted by Gasteiger charge is 2.22. The van der Waals surface area contributed by atoms with Crippen molar-refractivity contribution in [3.8, 4) is 6.07 Å². The maximum absolute atomic E-state index is 13.1. The van der Waals surface area contributed by atoms with Gasteiger partial charge in [-0.15, -0.1) is 0 Å². The van der Waals surface area contributed by atoms with Crippen LogP contribution in [0, 0.1) is 31.1 Å². The molecule has 0 radical (unpaired) electrons. The minimum absolute atomic E-state index is 0.123. The largest absolute Gasteiger partial charge is 0.379 e. The van der Waals surface area contributed by atoms with Crippen molar-refractivity contribution in [2.24, 2.45) is 5.92 Å². The van der Waals surface area contributed by atoms with Gasteiger partial charge in [0.15, 0.2) is 0 Å². The molecule has 0 saturated carbocycles. The van der Waals surface area contributed by atoms with Gasteiger partial charge in [-0.05, 0) is 43.0 Å². The average Bonchev–Trinajstić information content (AvgIpc) is 3.05. The molecular weight excluding hydrogens is 400 g/mol. The van der Waals surface area contributed by atoms with Gasteiger partial charge in [0.05, 0.1) is 19.3 Å². The van der Waals surface area contributed by atoms with E-state index in [-0.39, 0.29) is 17.5 Å². The number of benzene rings is 1. The summed E-state index contributed by atoms with van der Waals surface area (Å²) in [5, 5.41) is 12.9. The van der Waals surface area contributed by atoms with Gasteiger partial charge in [-0.1, -0.05) is 44.2 Å². The van der Waals surface area contributed by atoms with E-state index in [2.05, 4.69) is 41.6 Å². The number of hydrogen-bond donors (Lipinski definition) is 1. The quantitative estimate of drug-likeness (QED) is 0.506. The summed E-state index contributed by atoms with van der Waals surface area (Å²) in [6, 6.07) is 13.9. The molecule has 1 aromatic heterocycles. The number of carbonyl (C=O) groups is 1. The van der Waals surface area contributed by atoms with Crippen LogP contribution in [0.5, 0.6) is 0 Å². The molecule has 170 valence electrons. The molecule has 1 N–H and O–H groups in total. The molecule has 2 heterocycles. The van der Waals surface area contributed by atoms with E-state index in [0.717, 1.165) is 42.1 Å². The van der Waals surface area contributed by atoms with Crippen LogP contribution in [-0.2, 0) is 16.1 Å². The summed E-state index contributed by atoms with van der Waals surface area (Å²) in [4.78, 5) is 15.4. The van der Waals surface area contributed by atoms with E-state index in [0.29, 0.717) is 25.7 Å². The summed E-state index contributed by atoms with van der Waals surface area (Å²) >= 11 is 0. The minimum Gasteiger partial charge on any atom is -0.379 e. The van der Waals surface area contributed by atoms with Gasteiger partial charge in [-0.25, -0.2) is 0 Å². The Labute approximate surface area is 191 Å². The van der Waals surface area contributed by atoms with Crippen LogP contribution < -0.4 is 5.32 Å². The van der Waals surface area contributed by atoms with Gasteiger partial charge in [0.2, 0.25) is 0 Å². The number of hydrogen-bond acceptors (Lipinski definition) is 4. The zero-order valence-electron chi connectivity index (χ0n) is 19.6. The van der Waals surface area contributed by atoms with E-state index in [4.69, 9.17) is 4.74 Å². The van der Waals surface area contributed by atoms with Crippen LogP contribution in [0.4, 0.5) is 0 Å². The van der Waals surface area contributed by atoms with Crippen molar-refractivity contribution < 1.29 is 9.53 Å². The van der Waals surface area contributed by atoms with Crippen LogP contribution in [0.2, 0.25) is 0 Å². The third kappa shape index (κ3) is 6.09. The lowest BCUT2D eigenvalue weighted by Gasteiger charge is -2.31. The summed E-state index contributed by atoms with van der Waals surface area (Å²) in [7, 11) is 0. The van der Waals surface area contributed by atoms with E-state index in [1.165, 1.54) is 0 Å². The molecule has 0 aliphatic carbocycles. The molecule has 1 amide bonds. The molecule has 1 aromatic carbocycles. The molecule has 1 aliphatic heterocycles. The van der Waals surface area contributed by atoms with Crippen molar-refractivity contribution >= 4 is 12.0 Å². The van der Waals surface area contributed by atoms with E-state index in [1.54, 1.807) is 6.08 Å². The van der Waals surface area contributed by atoms with Gasteiger partial charge >= 0.3 is 0 Å². The molecule has 1 atom stereocenters. The lowest BCUT2D eigenvalue weighted by atomic mass is 10.0. The number of rotatable bonds is 8. The smallest absolute Gasteiger partial charge is 0.262 e. The fourth-order valence-corrected chi connectivity index (χ4v) is 4.12. The summed E-state index contributed by atoms with van der Waals surface area (Å²) in [5.74, 6) is 0.172. The molecule has 0 unspecified atom stereocenters. The molecule has 0 spiro atoms. The normalized spacial score (nSPS) is 16.1. The number of aromatic nitrogens is 1. The number of nitrogens with one attached hydrogen (secondary N) is 1. The van der Waals surface area contributed by atoms with Crippen LogP contribution in [0.25, 0.3) is 6.08 Å². The fourth-order valence-electron chi connectivity index (χ4n) is 4.12. The average molecular weight is 435 g/mol. The lowest BCUT2D eigenvalue weighted by Crippen LogP contribution is -2.43. The lowest BCUT2D eigenvalue weighted by molar-refractivity contribution is -0.118. The highest BCUT2D eigenvalue weighted by Crippen LogP contribution is 2.21. The zero-order chi connectivity index (χ0) is 23.1. The molecule has 3 rings (SSSR count). The monoisotopic (exact) mass is 434 g/mol. The van der Waals surface area contributed by atoms with Crippen LogP contribution in [-0.4, -0.2) is 48.2 Å². The number of nitrogens with zero attached hydrogens (tertiary/aromatic N) is 3. The highest BCUT2D eigenvalue weighted by molar-refractivity contribution is 6.02. The fraction of sp³-hybridized carbons (Fsp3) is 0.462. The van der Waals surface area contributed by atoms with Crippen LogP contribution >= 0.6 is 0 Å². The second-order valence-corrected chi connectivity index (χ2v) is 8.85. The molecule has 6 nitrogen and oxygen atoms in total. The van der Waals surface area contributed by atoms with Crippen LogP contribution in [0.3, 0.4) is 0 Å². The van der Waals surface area contributed by atoms with E-state index >= 15 is 0 Å². The maximum atomic E-state index is 13.1. The Balaban J connectivity index is 1.81. The van der Waals surface area contributed by atoms with Crippen molar-refractivity contribution in [1.82, 2.24) is 14.8 Å². The molecule has 1 saturated heterocycles. The Morgan fingerprint density at radius 2 is 1.88 bits per heavy atom. The second kappa shape index (κ2) is 11.1. The molecular formula is C26H34N4O2. The Morgan fingerprint density at radius 3 is 2.50 bits per heavy atom. The predicted octanol–water partition coefficient (Wildman–Crippen LogP) is 3.86. The Bertz CT molecular complexity index is 979. The third-order valence-corrected chi connectivity index (χ3v) is 5.88. The third-order valence-electron chi connectivity index (χ3n) is 5.88. The molecule has 2 aromatic rings. The minimum atomic E-state index is -0.344. The SMILES string of the molecule is Cc1cc(/C=C(\C#N)C(=O)N[C@H](CN2CCOCC2)c2ccccc2)c(C)n1CC(C)C. The van der Waals surface area contributed by atoms with E-state index in [9.17, 15) is 10.1 Å². The number of amides is 1. The molecule has 1 fully saturated rings. The summed E-state index contributed by atoms with van der Waals surface area (Å²) in [5.41, 5.74) is 4.27. The molecule has 32 heavy (non-hydrogen) atoms. The highest BCUT2D eigenvalue weighted by atomic mass is 16.5. The summed E-state index contributed by atoms with van der Waals surface area (Å²) in [6.45, 7) is 13.1. The number of ether oxygens (including phenoxy) is 1. The van der Waals surface area contributed by atoms with E-state index in [1.807, 2.05) is 43.3 Å². The van der Waals surface area contributed by atoms with E-state index < -0.39 is 0 Å². The first kappa shape index (κ1) is 23.8. The molecule has 1 aliphatic rings. The Hall–Kier alpha value is -2.88. The van der Waals surface area contributed by atoms with Gasteiger partial charge in [0.25, 0.3) is 5.91 Å². The number of morpholine rings is 1. The number of aryl methyl sites for hydroxylation is 1. The number of carbonyl (C=O) groups excluding carboxylic acids is 1. The van der Waals surface area contributed by atoms with Gasteiger partial charge in [-0.3, -0.25) is 9.69 Å². The van der Waals surface area contributed by atoms with Gasteiger partial charge in [-0.2, -0.15) is 5.26 Å². The molecule has 6 heteroatoms. The summed E-state index contributed by atoms with van der Waals surface area (Å²) in [6.07, 6.45) is 1.71. The van der Waals surface area contributed by atoms with Crippen molar-refractivity contribution in [3.63, 3.8) is 0 Å². The zero-order valence-corrected chi connectivity index (χ0v) is 19.6. The number of nitriles is 1. The first-order chi connectivity index (χ1) is 15.4. The van der Waals surface area contributed by atoms with Crippen molar-refractivity contribution in [3.05, 3.63) is 64.5 Å². The predicted molar refractivity (Wildman–Crippen MR) is 127 cm³/mol. The first-order valence-corrected chi connectivity index (χ1v) is 11.3. The van der Waals surface area contributed by atoms with Gasteiger partial charge in [0.1, 0.15) is 11.6 Å². The second-order valence-electron chi connectivity index (χ2n) is 8.85. The van der Waals surface area contributed by atoms with Gasteiger partial charge in [0, 0.05) is 37.6 Å². The Kier molecular flexibility index (Phi) is 8.26. The Morgan fingerprint density at radius 1 is 1.19 bits per heavy atom. The van der Waals surface area contributed by atoms with Crippen molar-refractivity contribution in [2.75, 3.05) is 32.8 Å². The van der Waals surface area contributed by atoms with Crippen molar-refractivity contribution in [1.29, 1.82) is 5.26 Å². The van der Waals surface area contributed by atoms with Gasteiger partial charge < -0.3 is 14.6 Å². The van der Waals surface area contributed by atoms with Crippen molar-refractivity contribution in [2.45, 2.75) is 40.3 Å². The van der Waals surface area contributed by atoms with Crippen LogP contribution in [0.15, 0.2) is 42.0 Å². The summed E-state index contributed by atoms with van der Waals surface area (Å²) < 4.78 is 7.70. The first-order valence-electron chi connectivity index (χ1n) is 11.3. The molecule has 0 bridgehead atoms. The van der Waals surface area contributed by atoms with Crippen LogP contribution in [0.1, 0.15) is 42.4 Å². The maximum Gasteiger partial charge on any atom is 0.262 e. The standard InChI is InChI=1S/C26H34N4O2/c1-19(2)17-30-20(3)14-23(21(30)4)15-24(16-27)26(31)28-25(22-8-6-5-7-9-22)18-29-10-12-32-13-11-29/h5-9,14-15,19,25H,10-13,17-18H2,1-4H3,(H,28,31)/b24-15+/t25-/m1/s1.